The summed E-state index contributed by atoms with van der Waals surface area (Å²) in [7, 11) is 0. The van der Waals surface area contributed by atoms with Gasteiger partial charge in [-0.15, -0.1) is 0 Å². The van der Waals surface area contributed by atoms with Gasteiger partial charge in [-0.1, -0.05) is 58.0 Å². The summed E-state index contributed by atoms with van der Waals surface area (Å²) in [6.45, 7) is 10.5. The molecule has 1 aliphatic rings. The Morgan fingerprint density at radius 1 is 0.889 bits per heavy atom. The van der Waals surface area contributed by atoms with Crippen molar-refractivity contribution in [3.63, 3.8) is 0 Å². The Balaban J connectivity index is 1.92. The highest BCUT2D eigenvalue weighted by Crippen LogP contribution is 2.33. The molecule has 4 nitrogen and oxygen atoms in total. The Kier molecular flexibility index (Phi) is 7.88. The van der Waals surface area contributed by atoms with E-state index in [-0.39, 0.29) is 29.7 Å². The molecule has 0 saturated heterocycles. The van der Waals surface area contributed by atoms with Gasteiger partial charge in [0.1, 0.15) is 6.04 Å². The fourth-order valence-electron chi connectivity index (χ4n) is 3.98. The summed E-state index contributed by atoms with van der Waals surface area (Å²) in [6.07, 6.45) is 4.09. The first-order valence-electron chi connectivity index (χ1n) is 10.4. The summed E-state index contributed by atoms with van der Waals surface area (Å²) in [4.78, 5) is 25.6. The highest BCUT2D eigenvalue weighted by molar-refractivity contribution is 5.88. The van der Waals surface area contributed by atoms with Crippen LogP contribution in [-0.4, -0.2) is 17.9 Å². The third-order valence-electron chi connectivity index (χ3n) is 5.99. The summed E-state index contributed by atoms with van der Waals surface area (Å²) >= 11 is 0. The van der Waals surface area contributed by atoms with E-state index >= 15 is 0 Å². The quantitative estimate of drug-likeness (QED) is 0.742. The maximum Gasteiger partial charge on any atom is 0.243 e. The number of rotatable bonds is 7. The zero-order valence-corrected chi connectivity index (χ0v) is 17.5. The van der Waals surface area contributed by atoms with Gasteiger partial charge in [0.25, 0.3) is 0 Å². The van der Waals surface area contributed by atoms with Crippen LogP contribution in [0.2, 0.25) is 0 Å². The Morgan fingerprint density at radius 3 is 2.00 bits per heavy atom. The molecule has 1 aromatic carbocycles. The molecule has 0 unspecified atom stereocenters. The molecule has 150 valence electrons. The minimum absolute atomic E-state index is 0.0402. The Hall–Kier alpha value is -1.84. The Bertz CT molecular complexity index is 604. The van der Waals surface area contributed by atoms with Gasteiger partial charge in [-0.3, -0.25) is 9.59 Å². The number of benzene rings is 1. The molecule has 1 fully saturated rings. The van der Waals surface area contributed by atoms with Gasteiger partial charge in [0, 0.05) is 5.92 Å². The Labute approximate surface area is 164 Å². The molecular weight excluding hydrogens is 336 g/mol. The molecule has 0 aromatic heterocycles. The predicted octanol–water partition coefficient (Wildman–Crippen LogP) is 4.47. The van der Waals surface area contributed by atoms with Crippen LogP contribution in [-0.2, 0) is 9.59 Å². The lowest BCUT2D eigenvalue weighted by Gasteiger charge is -2.32. The van der Waals surface area contributed by atoms with Gasteiger partial charge in [-0.2, -0.15) is 0 Å². The fourth-order valence-corrected chi connectivity index (χ4v) is 3.98. The molecule has 1 saturated carbocycles. The second-order valence-electron chi connectivity index (χ2n) is 8.73. The van der Waals surface area contributed by atoms with Crippen molar-refractivity contribution in [2.24, 2.45) is 23.7 Å². The van der Waals surface area contributed by atoms with E-state index in [2.05, 4.69) is 24.5 Å². The largest absolute Gasteiger partial charge is 0.348 e. The molecule has 1 aromatic rings. The van der Waals surface area contributed by atoms with E-state index in [4.69, 9.17) is 0 Å². The van der Waals surface area contributed by atoms with E-state index in [0.717, 1.165) is 37.2 Å². The average molecular weight is 373 g/mol. The highest BCUT2D eigenvalue weighted by atomic mass is 16.2. The minimum Gasteiger partial charge on any atom is -0.348 e. The monoisotopic (exact) mass is 372 g/mol. The first kappa shape index (κ1) is 21.5. The summed E-state index contributed by atoms with van der Waals surface area (Å²) < 4.78 is 0. The first-order chi connectivity index (χ1) is 12.8. The van der Waals surface area contributed by atoms with Gasteiger partial charge in [0.15, 0.2) is 0 Å². The molecule has 2 N–H and O–H groups in total. The third-order valence-corrected chi connectivity index (χ3v) is 5.99. The van der Waals surface area contributed by atoms with Crippen molar-refractivity contribution < 1.29 is 9.59 Å². The van der Waals surface area contributed by atoms with E-state index in [1.807, 2.05) is 51.1 Å². The molecule has 4 heteroatoms. The molecule has 1 aliphatic carbocycles. The number of nitrogens with one attached hydrogen (secondary N) is 2. The number of hydrogen-bond acceptors (Lipinski definition) is 2. The van der Waals surface area contributed by atoms with Crippen LogP contribution in [0.4, 0.5) is 0 Å². The topological polar surface area (TPSA) is 58.2 Å². The molecule has 2 amide bonds. The molecule has 0 bridgehead atoms. The standard InChI is InChI=1S/C23H36N2O2/c1-15(2)18-11-13-20(14-12-18)22(26)25-21(16(3)4)23(27)24-17(5)19-9-7-6-8-10-19/h6-10,15-18,20-21H,11-14H2,1-5H3,(H,24,27)(H,25,26)/t17-,18?,20?,21+/m1/s1. The van der Waals surface area contributed by atoms with Gasteiger partial charge < -0.3 is 10.6 Å². The van der Waals surface area contributed by atoms with Crippen LogP contribution in [0.5, 0.6) is 0 Å². The Morgan fingerprint density at radius 2 is 1.48 bits per heavy atom. The molecule has 0 heterocycles. The number of carbonyl (C=O) groups is 2. The lowest BCUT2D eigenvalue weighted by Crippen LogP contribution is -2.51. The normalized spacial score (nSPS) is 22.3. The van der Waals surface area contributed by atoms with Crippen molar-refractivity contribution in [1.82, 2.24) is 10.6 Å². The maximum atomic E-state index is 12.8. The second kappa shape index (κ2) is 9.91. The zero-order valence-electron chi connectivity index (χ0n) is 17.5. The van der Waals surface area contributed by atoms with Crippen molar-refractivity contribution in [3.05, 3.63) is 35.9 Å². The van der Waals surface area contributed by atoms with Crippen molar-refractivity contribution >= 4 is 11.8 Å². The molecular formula is C23H36N2O2. The smallest absolute Gasteiger partial charge is 0.243 e. The van der Waals surface area contributed by atoms with E-state index in [9.17, 15) is 9.59 Å². The van der Waals surface area contributed by atoms with Gasteiger partial charge in [-0.05, 0) is 55.9 Å². The first-order valence-corrected chi connectivity index (χ1v) is 10.4. The number of carbonyl (C=O) groups excluding carboxylic acids is 2. The molecule has 0 aliphatic heterocycles. The summed E-state index contributed by atoms with van der Waals surface area (Å²) in [6, 6.07) is 9.32. The summed E-state index contributed by atoms with van der Waals surface area (Å²) in [5, 5.41) is 6.09. The van der Waals surface area contributed by atoms with Crippen LogP contribution in [0.3, 0.4) is 0 Å². The average Bonchev–Trinajstić information content (AvgIpc) is 2.66. The van der Waals surface area contributed by atoms with Crippen LogP contribution in [0.25, 0.3) is 0 Å². The summed E-state index contributed by atoms with van der Waals surface area (Å²) in [5.74, 6) is 1.43. The van der Waals surface area contributed by atoms with Crippen molar-refractivity contribution in [2.75, 3.05) is 0 Å². The van der Waals surface area contributed by atoms with Gasteiger partial charge >= 0.3 is 0 Å². The predicted molar refractivity (Wildman–Crippen MR) is 110 cm³/mol. The van der Waals surface area contributed by atoms with Crippen molar-refractivity contribution in [3.8, 4) is 0 Å². The van der Waals surface area contributed by atoms with Crippen LogP contribution in [0.15, 0.2) is 30.3 Å². The molecule has 0 radical (unpaired) electrons. The lowest BCUT2D eigenvalue weighted by atomic mass is 9.76. The highest BCUT2D eigenvalue weighted by Gasteiger charge is 2.31. The van der Waals surface area contributed by atoms with Gasteiger partial charge in [-0.25, -0.2) is 0 Å². The van der Waals surface area contributed by atoms with Gasteiger partial charge in [0.05, 0.1) is 6.04 Å². The third kappa shape index (κ3) is 6.08. The van der Waals surface area contributed by atoms with Crippen LogP contribution in [0, 0.1) is 23.7 Å². The molecule has 2 rings (SSSR count). The van der Waals surface area contributed by atoms with Gasteiger partial charge in [0.2, 0.25) is 11.8 Å². The fraction of sp³-hybridized carbons (Fsp3) is 0.652. The van der Waals surface area contributed by atoms with Crippen LogP contribution in [0.1, 0.15) is 71.9 Å². The van der Waals surface area contributed by atoms with Crippen molar-refractivity contribution in [2.45, 2.75) is 72.4 Å². The van der Waals surface area contributed by atoms with Crippen LogP contribution < -0.4 is 10.6 Å². The minimum atomic E-state index is -0.494. The van der Waals surface area contributed by atoms with E-state index < -0.39 is 6.04 Å². The molecule has 2 atom stereocenters. The van der Waals surface area contributed by atoms with E-state index in [0.29, 0.717) is 5.92 Å². The molecule has 0 spiro atoms. The number of amides is 2. The lowest BCUT2D eigenvalue weighted by molar-refractivity contribution is -0.133. The SMILES string of the molecule is CC(C)C1CCC(C(=O)N[C@H](C(=O)N[C@H](C)c2ccccc2)C(C)C)CC1. The van der Waals surface area contributed by atoms with E-state index in [1.165, 1.54) is 0 Å². The van der Waals surface area contributed by atoms with Crippen LogP contribution >= 0.6 is 0 Å². The maximum absolute atomic E-state index is 12.8. The summed E-state index contributed by atoms with van der Waals surface area (Å²) in [5.41, 5.74) is 1.06. The second-order valence-corrected chi connectivity index (χ2v) is 8.73. The number of hydrogen-bond donors (Lipinski definition) is 2. The zero-order chi connectivity index (χ0) is 20.0. The van der Waals surface area contributed by atoms with E-state index in [1.54, 1.807) is 0 Å². The van der Waals surface area contributed by atoms with Crippen molar-refractivity contribution in [1.29, 1.82) is 0 Å². The molecule has 27 heavy (non-hydrogen) atoms.